The molecule has 1 aromatic heterocycles. The Balaban J connectivity index is 1.45. The summed E-state index contributed by atoms with van der Waals surface area (Å²) >= 11 is 1.67. The maximum absolute atomic E-state index is 12.2. The first-order valence-electron chi connectivity index (χ1n) is 8.26. The number of Topliss-reactive ketones (excluding diaryl/α,β-unsaturated/α-hetero) is 1. The van der Waals surface area contributed by atoms with E-state index in [2.05, 4.69) is 5.32 Å². The van der Waals surface area contributed by atoms with Gasteiger partial charge in [0.1, 0.15) is 0 Å². The van der Waals surface area contributed by atoms with E-state index in [-0.39, 0.29) is 24.3 Å². The van der Waals surface area contributed by atoms with Gasteiger partial charge in [0.05, 0.1) is 0 Å². The van der Waals surface area contributed by atoms with Crippen molar-refractivity contribution in [2.45, 2.75) is 32.1 Å². The maximum atomic E-state index is 12.2. The molecular formula is C19H19NO4S. The molecule has 1 aliphatic rings. The fourth-order valence-corrected chi connectivity index (χ4v) is 3.47. The van der Waals surface area contributed by atoms with Crippen LogP contribution in [0.5, 0.6) is 0 Å². The van der Waals surface area contributed by atoms with E-state index in [1.165, 1.54) is 4.88 Å². The molecule has 0 aliphatic carbocycles. The Bertz CT molecular complexity index is 783. The fraction of sp³-hybridized carbons (Fsp3) is 0.316. The van der Waals surface area contributed by atoms with E-state index in [9.17, 15) is 14.4 Å². The van der Waals surface area contributed by atoms with Crippen molar-refractivity contribution in [2.75, 3.05) is 11.9 Å². The fourth-order valence-electron chi connectivity index (χ4n) is 2.72. The maximum Gasteiger partial charge on any atom is 0.306 e. The Morgan fingerprint density at radius 1 is 1.20 bits per heavy atom. The molecule has 0 atom stereocenters. The van der Waals surface area contributed by atoms with Gasteiger partial charge in [0, 0.05) is 29.0 Å². The number of carbonyl (C=O) groups is 3. The van der Waals surface area contributed by atoms with E-state index < -0.39 is 0 Å². The molecule has 1 amide bonds. The zero-order valence-corrected chi connectivity index (χ0v) is 14.6. The number of thiophene rings is 1. The van der Waals surface area contributed by atoms with Crippen LogP contribution in [-0.4, -0.2) is 24.3 Å². The van der Waals surface area contributed by atoms with Crippen LogP contribution in [0, 0.1) is 0 Å². The molecule has 1 N–H and O–H groups in total. The van der Waals surface area contributed by atoms with Gasteiger partial charge in [0.25, 0.3) is 0 Å². The Kier molecular flexibility index (Phi) is 5.60. The minimum atomic E-state index is -0.352. The molecule has 3 rings (SSSR count). The number of ether oxygens (including phenoxy) is 1. The van der Waals surface area contributed by atoms with Crippen molar-refractivity contribution in [1.82, 2.24) is 0 Å². The molecule has 1 aromatic carbocycles. The number of esters is 1. The predicted molar refractivity (Wildman–Crippen MR) is 95.9 cm³/mol. The van der Waals surface area contributed by atoms with Crippen molar-refractivity contribution in [1.29, 1.82) is 0 Å². The lowest BCUT2D eigenvalue weighted by Gasteiger charge is -2.17. The molecule has 0 spiro atoms. The number of benzene rings is 1. The van der Waals surface area contributed by atoms with Crippen molar-refractivity contribution >= 4 is 34.7 Å². The van der Waals surface area contributed by atoms with Gasteiger partial charge in [-0.2, -0.15) is 0 Å². The molecule has 5 nitrogen and oxygen atoms in total. The normalized spacial score (nSPS) is 13.0. The second-order valence-corrected chi connectivity index (χ2v) is 6.97. The van der Waals surface area contributed by atoms with E-state index in [4.69, 9.17) is 4.74 Å². The van der Waals surface area contributed by atoms with Gasteiger partial charge in [-0.1, -0.05) is 6.07 Å². The summed E-state index contributed by atoms with van der Waals surface area (Å²) in [6.07, 6.45) is 2.90. The van der Waals surface area contributed by atoms with Crippen LogP contribution in [0.3, 0.4) is 0 Å². The standard InChI is InChI=1S/C19H19NO4S/c21-17(12-24-19(23)5-1-3-15-4-2-10-25-15)14-6-8-16-13(11-14)7-9-18(22)20-16/h2,4,6,8,10-11H,1,3,5,7,9,12H2,(H,20,22). The van der Waals surface area contributed by atoms with Crippen molar-refractivity contribution in [3.8, 4) is 0 Å². The van der Waals surface area contributed by atoms with Crippen LogP contribution in [0.2, 0.25) is 0 Å². The van der Waals surface area contributed by atoms with Gasteiger partial charge >= 0.3 is 5.97 Å². The van der Waals surface area contributed by atoms with E-state index >= 15 is 0 Å². The lowest BCUT2D eigenvalue weighted by Crippen LogP contribution is -2.20. The first kappa shape index (κ1) is 17.4. The molecule has 0 unspecified atom stereocenters. The molecular weight excluding hydrogens is 338 g/mol. The molecule has 2 heterocycles. The summed E-state index contributed by atoms with van der Waals surface area (Å²) in [5, 5.41) is 4.79. The van der Waals surface area contributed by atoms with Crippen LogP contribution in [0.1, 0.15) is 40.1 Å². The number of ketones is 1. The number of rotatable bonds is 7. The largest absolute Gasteiger partial charge is 0.457 e. The predicted octanol–water partition coefficient (Wildman–Crippen LogP) is 3.38. The minimum absolute atomic E-state index is 0.0111. The summed E-state index contributed by atoms with van der Waals surface area (Å²) in [6.45, 7) is -0.247. The topological polar surface area (TPSA) is 72.5 Å². The summed E-state index contributed by atoms with van der Waals surface area (Å²) in [6, 6.07) is 9.17. The second-order valence-electron chi connectivity index (χ2n) is 5.94. The third-order valence-electron chi connectivity index (χ3n) is 4.07. The first-order valence-corrected chi connectivity index (χ1v) is 9.14. The quantitative estimate of drug-likeness (QED) is 0.609. The molecule has 2 aromatic rings. The molecule has 0 saturated heterocycles. The van der Waals surface area contributed by atoms with Crippen LogP contribution in [0.4, 0.5) is 5.69 Å². The van der Waals surface area contributed by atoms with Crippen LogP contribution in [0.25, 0.3) is 0 Å². The summed E-state index contributed by atoms with van der Waals surface area (Å²) < 4.78 is 5.08. The molecule has 0 radical (unpaired) electrons. The van der Waals surface area contributed by atoms with Gasteiger partial charge < -0.3 is 10.1 Å². The van der Waals surface area contributed by atoms with Gasteiger partial charge in [-0.3, -0.25) is 14.4 Å². The summed E-state index contributed by atoms with van der Waals surface area (Å²) in [5.74, 6) is -0.593. The second kappa shape index (κ2) is 8.07. The third kappa shape index (κ3) is 4.76. The molecule has 6 heteroatoms. The van der Waals surface area contributed by atoms with Crippen molar-refractivity contribution in [3.05, 3.63) is 51.7 Å². The number of amides is 1. The number of fused-ring (bicyclic) bond motifs is 1. The van der Waals surface area contributed by atoms with Crippen molar-refractivity contribution < 1.29 is 19.1 Å². The van der Waals surface area contributed by atoms with E-state index in [1.807, 2.05) is 17.5 Å². The number of hydrogen-bond acceptors (Lipinski definition) is 5. The molecule has 0 bridgehead atoms. The monoisotopic (exact) mass is 357 g/mol. The average molecular weight is 357 g/mol. The Hall–Kier alpha value is -2.47. The molecule has 1 aliphatic heterocycles. The average Bonchev–Trinajstić information content (AvgIpc) is 3.12. The highest BCUT2D eigenvalue weighted by molar-refractivity contribution is 7.09. The Morgan fingerprint density at radius 2 is 2.08 bits per heavy atom. The Morgan fingerprint density at radius 3 is 2.88 bits per heavy atom. The number of hydrogen-bond donors (Lipinski definition) is 1. The SMILES string of the molecule is O=C1CCc2cc(C(=O)COC(=O)CCCc3cccs3)ccc2N1. The lowest BCUT2D eigenvalue weighted by molar-refractivity contribution is -0.142. The third-order valence-corrected chi connectivity index (χ3v) is 5.01. The van der Waals surface area contributed by atoms with Gasteiger partial charge in [-0.25, -0.2) is 0 Å². The molecule has 130 valence electrons. The van der Waals surface area contributed by atoms with E-state index in [1.54, 1.807) is 29.5 Å². The molecule has 25 heavy (non-hydrogen) atoms. The highest BCUT2D eigenvalue weighted by Gasteiger charge is 2.17. The van der Waals surface area contributed by atoms with Gasteiger partial charge in [-0.05, 0) is 54.5 Å². The summed E-state index contributed by atoms with van der Waals surface area (Å²) in [7, 11) is 0. The zero-order chi connectivity index (χ0) is 17.6. The number of aryl methyl sites for hydroxylation is 2. The summed E-state index contributed by atoms with van der Waals surface area (Å²) in [5.41, 5.74) is 2.19. The first-order chi connectivity index (χ1) is 12.1. The Labute approximate surface area is 150 Å². The van der Waals surface area contributed by atoms with Gasteiger partial charge in [-0.15, -0.1) is 11.3 Å². The molecule has 0 fully saturated rings. The van der Waals surface area contributed by atoms with Gasteiger partial charge in [0.2, 0.25) is 5.91 Å². The smallest absolute Gasteiger partial charge is 0.306 e. The van der Waals surface area contributed by atoms with Gasteiger partial charge in [0.15, 0.2) is 12.4 Å². The summed E-state index contributed by atoms with van der Waals surface area (Å²) in [4.78, 5) is 36.5. The van der Waals surface area contributed by atoms with Crippen LogP contribution < -0.4 is 5.32 Å². The zero-order valence-electron chi connectivity index (χ0n) is 13.7. The number of carbonyl (C=O) groups excluding carboxylic acids is 3. The van der Waals surface area contributed by atoms with Crippen molar-refractivity contribution in [3.63, 3.8) is 0 Å². The number of anilines is 1. The van der Waals surface area contributed by atoms with Crippen molar-refractivity contribution in [2.24, 2.45) is 0 Å². The highest BCUT2D eigenvalue weighted by Crippen LogP contribution is 2.23. The molecule has 0 saturated carbocycles. The van der Waals surface area contributed by atoms with Crippen LogP contribution in [-0.2, 0) is 27.2 Å². The lowest BCUT2D eigenvalue weighted by atomic mass is 9.99. The van der Waals surface area contributed by atoms with E-state index in [0.29, 0.717) is 31.2 Å². The van der Waals surface area contributed by atoms with Crippen LogP contribution in [0.15, 0.2) is 35.7 Å². The van der Waals surface area contributed by atoms with E-state index in [0.717, 1.165) is 17.7 Å². The minimum Gasteiger partial charge on any atom is -0.457 e. The van der Waals surface area contributed by atoms with Crippen LogP contribution >= 0.6 is 11.3 Å². The number of nitrogens with one attached hydrogen (secondary N) is 1. The highest BCUT2D eigenvalue weighted by atomic mass is 32.1.